The Kier molecular flexibility index (Phi) is 5.01. The molecule has 1 aliphatic heterocycles. The van der Waals surface area contributed by atoms with Crippen molar-refractivity contribution < 1.29 is 23.6 Å². The molecule has 4 aromatic rings. The fraction of sp³-hybridized carbons (Fsp3) is 0.208. The summed E-state index contributed by atoms with van der Waals surface area (Å²) in [6, 6.07) is 15.4. The van der Waals surface area contributed by atoms with Crippen molar-refractivity contribution in [3.63, 3.8) is 0 Å². The number of para-hydroxylation sites is 1. The number of ether oxygens (including phenoxy) is 2. The highest BCUT2D eigenvalue weighted by atomic mass is 16.6. The van der Waals surface area contributed by atoms with Crippen LogP contribution in [0.1, 0.15) is 33.4 Å². The van der Waals surface area contributed by atoms with Gasteiger partial charge in [0.05, 0.1) is 20.3 Å². The molecule has 0 bridgehead atoms. The molecule has 0 fully saturated rings. The molecule has 2 aromatic heterocycles. The number of H-pyrrole nitrogens is 1. The number of nitro groups is 1. The van der Waals surface area contributed by atoms with Gasteiger partial charge in [0.2, 0.25) is 0 Å². The number of carbonyl (C=O) groups is 1. The number of rotatable bonds is 5. The van der Waals surface area contributed by atoms with Crippen LogP contribution in [0.4, 0.5) is 5.88 Å². The summed E-state index contributed by atoms with van der Waals surface area (Å²) < 4.78 is 16.2. The molecule has 0 aliphatic carbocycles. The summed E-state index contributed by atoms with van der Waals surface area (Å²) in [7, 11) is 3.21. The average molecular weight is 447 g/mol. The molecule has 9 nitrogen and oxygen atoms in total. The number of aromatic nitrogens is 1. The van der Waals surface area contributed by atoms with Crippen molar-refractivity contribution in [2.24, 2.45) is 0 Å². The Morgan fingerprint density at radius 1 is 1.15 bits per heavy atom. The number of nitrogens with one attached hydrogen (secondary N) is 1. The number of amides is 1. The number of hydrogen-bond donors (Lipinski definition) is 1. The Hall–Kier alpha value is -4.27. The van der Waals surface area contributed by atoms with E-state index < -0.39 is 22.8 Å². The molecule has 1 N–H and O–H groups in total. The van der Waals surface area contributed by atoms with E-state index in [0.29, 0.717) is 18.7 Å². The predicted octanol–water partition coefficient (Wildman–Crippen LogP) is 4.47. The first-order chi connectivity index (χ1) is 16.0. The van der Waals surface area contributed by atoms with Crippen LogP contribution < -0.4 is 9.47 Å². The minimum absolute atomic E-state index is 0.0807. The summed E-state index contributed by atoms with van der Waals surface area (Å²) >= 11 is 0. The standard InChI is InChI=1S/C24H21N3O6/c1-31-14-7-8-18-17(13-14)15-11-12-26(24(28)20-9-10-21(33-20)27(29)30)23(22(15)25-18)16-5-3-4-6-19(16)32-2/h3-10,13,23,25H,11-12H2,1-2H3. The van der Waals surface area contributed by atoms with Crippen LogP contribution in [-0.2, 0) is 6.42 Å². The Bertz CT molecular complexity index is 1370. The summed E-state index contributed by atoms with van der Waals surface area (Å²) in [6.07, 6.45) is 0.600. The van der Waals surface area contributed by atoms with E-state index in [1.54, 1.807) is 19.1 Å². The lowest BCUT2D eigenvalue weighted by Crippen LogP contribution is -2.40. The quantitative estimate of drug-likeness (QED) is 0.357. The number of furan rings is 1. The van der Waals surface area contributed by atoms with E-state index in [-0.39, 0.29) is 5.76 Å². The zero-order valence-electron chi connectivity index (χ0n) is 18.0. The lowest BCUT2D eigenvalue weighted by Gasteiger charge is -2.36. The molecular weight excluding hydrogens is 426 g/mol. The second-order valence-corrected chi connectivity index (χ2v) is 7.72. The molecule has 0 saturated carbocycles. The van der Waals surface area contributed by atoms with Gasteiger partial charge in [-0.05, 0) is 42.3 Å². The number of hydrogen-bond acceptors (Lipinski definition) is 6. The zero-order valence-corrected chi connectivity index (χ0v) is 18.0. The van der Waals surface area contributed by atoms with Gasteiger partial charge in [-0.15, -0.1) is 0 Å². The third-order valence-electron chi connectivity index (χ3n) is 6.01. The molecular formula is C24H21N3O6. The third-order valence-corrected chi connectivity index (χ3v) is 6.01. The molecule has 9 heteroatoms. The SMILES string of the molecule is COc1ccc2[nH]c3c(c2c1)CCN(C(=O)c1ccc([N+](=O)[O-])o1)C3c1ccccc1OC. The molecule has 1 atom stereocenters. The van der Waals surface area contributed by atoms with Crippen LogP contribution >= 0.6 is 0 Å². The number of carbonyl (C=O) groups excluding carboxylic acids is 1. The van der Waals surface area contributed by atoms with Gasteiger partial charge in [-0.2, -0.15) is 0 Å². The number of benzene rings is 2. The number of aromatic amines is 1. The molecule has 33 heavy (non-hydrogen) atoms. The molecule has 168 valence electrons. The zero-order chi connectivity index (χ0) is 23.1. The maximum atomic E-state index is 13.5. The maximum Gasteiger partial charge on any atom is 0.433 e. The molecule has 1 amide bonds. The van der Waals surface area contributed by atoms with E-state index >= 15 is 0 Å². The van der Waals surface area contributed by atoms with Crippen LogP contribution in [-0.4, -0.2) is 41.5 Å². The topological polar surface area (TPSA) is 111 Å². The molecule has 1 unspecified atom stereocenters. The van der Waals surface area contributed by atoms with Crippen molar-refractivity contribution >= 4 is 22.7 Å². The molecule has 0 saturated heterocycles. The van der Waals surface area contributed by atoms with Crippen LogP contribution in [0, 0.1) is 10.1 Å². The fourth-order valence-electron chi connectivity index (χ4n) is 4.51. The van der Waals surface area contributed by atoms with Crippen LogP contribution in [0.25, 0.3) is 10.9 Å². The largest absolute Gasteiger partial charge is 0.497 e. The van der Waals surface area contributed by atoms with Gasteiger partial charge in [0.1, 0.15) is 22.5 Å². The van der Waals surface area contributed by atoms with Crippen LogP contribution in [0.5, 0.6) is 11.5 Å². The van der Waals surface area contributed by atoms with Crippen LogP contribution in [0.3, 0.4) is 0 Å². The highest BCUT2D eigenvalue weighted by molar-refractivity contribution is 5.94. The van der Waals surface area contributed by atoms with Crippen molar-refractivity contribution in [3.8, 4) is 11.5 Å². The van der Waals surface area contributed by atoms with E-state index in [0.717, 1.165) is 33.5 Å². The molecule has 1 aliphatic rings. The average Bonchev–Trinajstić information content (AvgIpc) is 3.48. The molecule has 2 aromatic carbocycles. The summed E-state index contributed by atoms with van der Waals surface area (Å²) in [5, 5.41) is 12.1. The molecule has 0 radical (unpaired) electrons. The van der Waals surface area contributed by atoms with Gasteiger partial charge in [0.15, 0.2) is 5.76 Å². The van der Waals surface area contributed by atoms with E-state index in [1.807, 2.05) is 42.5 Å². The van der Waals surface area contributed by atoms with Crippen molar-refractivity contribution in [2.75, 3.05) is 20.8 Å². The summed E-state index contributed by atoms with van der Waals surface area (Å²) in [6.45, 7) is 0.396. The van der Waals surface area contributed by atoms with E-state index in [4.69, 9.17) is 13.9 Å². The van der Waals surface area contributed by atoms with E-state index in [9.17, 15) is 14.9 Å². The van der Waals surface area contributed by atoms with E-state index in [1.165, 1.54) is 12.1 Å². The Balaban J connectivity index is 1.67. The van der Waals surface area contributed by atoms with Crippen LogP contribution in [0.15, 0.2) is 59.0 Å². The van der Waals surface area contributed by atoms with Gasteiger partial charge >= 0.3 is 5.88 Å². The van der Waals surface area contributed by atoms with Gasteiger partial charge in [-0.25, -0.2) is 0 Å². The monoisotopic (exact) mass is 447 g/mol. The number of nitrogens with zero attached hydrogens (tertiary/aromatic N) is 2. The second-order valence-electron chi connectivity index (χ2n) is 7.72. The predicted molar refractivity (Wildman–Crippen MR) is 120 cm³/mol. The number of fused-ring (bicyclic) bond motifs is 3. The second kappa shape index (κ2) is 8.01. The lowest BCUT2D eigenvalue weighted by atomic mass is 9.91. The van der Waals surface area contributed by atoms with Crippen molar-refractivity contribution in [3.05, 3.63) is 87.3 Å². The Labute approximate surface area is 188 Å². The van der Waals surface area contributed by atoms with Crippen molar-refractivity contribution in [1.82, 2.24) is 9.88 Å². The van der Waals surface area contributed by atoms with Crippen molar-refractivity contribution in [2.45, 2.75) is 12.5 Å². The summed E-state index contributed by atoms with van der Waals surface area (Å²) in [4.78, 5) is 29.0. The maximum absolute atomic E-state index is 13.5. The lowest BCUT2D eigenvalue weighted by molar-refractivity contribution is -0.402. The van der Waals surface area contributed by atoms with Crippen molar-refractivity contribution in [1.29, 1.82) is 0 Å². The minimum Gasteiger partial charge on any atom is -0.497 e. The highest BCUT2D eigenvalue weighted by Crippen LogP contribution is 2.42. The Morgan fingerprint density at radius 2 is 1.97 bits per heavy atom. The van der Waals surface area contributed by atoms with Crippen LogP contribution in [0.2, 0.25) is 0 Å². The van der Waals surface area contributed by atoms with Gasteiger partial charge in [-0.1, -0.05) is 18.2 Å². The molecule has 0 spiro atoms. The highest BCUT2D eigenvalue weighted by Gasteiger charge is 2.37. The van der Waals surface area contributed by atoms with Gasteiger partial charge in [0.25, 0.3) is 5.91 Å². The number of methoxy groups -OCH3 is 2. The summed E-state index contributed by atoms with van der Waals surface area (Å²) in [5.74, 6) is 0.403. The van der Waals surface area contributed by atoms with Gasteiger partial charge in [0, 0.05) is 28.7 Å². The first kappa shape index (κ1) is 20.6. The fourth-order valence-corrected chi connectivity index (χ4v) is 4.51. The first-order valence-electron chi connectivity index (χ1n) is 10.4. The summed E-state index contributed by atoms with van der Waals surface area (Å²) in [5.41, 5.74) is 3.69. The van der Waals surface area contributed by atoms with Gasteiger partial charge < -0.3 is 23.8 Å². The minimum atomic E-state index is -0.659. The van der Waals surface area contributed by atoms with Gasteiger partial charge in [-0.3, -0.25) is 14.9 Å². The van der Waals surface area contributed by atoms with E-state index in [2.05, 4.69) is 4.98 Å². The normalized spacial score (nSPS) is 15.3. The molecule has 5 rings (SSSR count). The Morgan fingerprint density at radius 3 is 2.70 bits per heavy atom. The molecule has 3 heterocycles. The smallest absolute Gasteiger partial charge is 0.433 e. The third kappa shape index (κ3) is 3.38. The first-order valence-corrected chi connectivity index (χ1v) is 10.4.